The molecule has 19 heavy (non-hydrogen) atoms. The van der Waals surface area contributed by atoms with Crippen LogP contribution in [0.2, 0.25) is 0 Å². The fourth-order valence-corrected chi connectivity index (χ4v) is 2.65. The monoisotopic (exact) mass is 271 g/mol. The first-order chi connectivity index (χ1) is 8.68. The number of carbonyl (C=O) groups excluding carboxylic acids is 1. The highest BCUT2D eigenvalue weighted by Crippen LogP contribution is 2.47. The molecule has 4 nitrogen and oxygen atoms in total. The van der Waals surface area contributed by atoms with Gasteiger partial charge in [0.05, 0.1) is 6.10 Å². The standard InChI is InChI=1S/C15H29NO3/c1-6-15(10-8-12(15)17)9-7-11(2)16-13(18)19-14(3,4)5/h11-12,17H,6-10H2,1-5H3,(H,16,18)/t11-,12+,15+/m1/s1. The van der Waals surface area contributed by atoms with Gasteiger partial charge >= 0.3 is 6.09 Å². The first-order valence-electron chi connectivity index (χ1n) is 7.36. The SMILES string of the molecule is CC[C@]1(CC[C@@H](C)NC(=O)OC(C)(C)C)CC[C@@H]1O. The number of nitrogens with one attached hydrogen (secondary N) is 1. The molecule has 0 bridgehead atoms. The number of carbonyl (C=O) groups is 1. The van der Waals surface area contributed by atoms with Crippen molar-refractivity contribution in [3.8, 4) is 0 Å². The van der Waals surface area contributed by atoms with Crippen molar-refractivity contribution in [2.45, 2.75) is 84.5 Å². The van der Waals surface area contributed by atoms with Crippen molar-refractivity contribution in [3.05, 3.63) is 0 Å². The van der Waals surface area contributed by atoms with E-state index in [2.05, 4.69) is 12.2 Å². The van der Waals surface area contributed by atoms with Crippen molar-refractivity contribution in [2.24, 2.45) is 5.41 Å². The minimum Gasteiger partial charge on any atom is -0.444 e. The average Bonchev–Trinajstić information content (AvgIpc) is 2.25. The van der Waals surface area contributed by atoms with Gasteiger partial charge in [0.25, 0.3) is 0 Å². The number of amides is 1. The average molecular weight is 271 g/mol. The van der Waals surface area contributed by atoms with Crippen LogP contribution in [0, 0.1) is 5.41 Å². The largest absolute Gasteiger partial charge is 0.444 e. The first kappa shape index (κ1) is 16.3. The predicted octanol–water partition coefficient (Wildman–Crippen LogP) is 3.23. The second kappa shape index (κ2) is 6.12. The molecule has 1 aliphatic carbocycles. The van der Waals surface area contributed by atoms with Crippen LogP contribution in [0.4, 0.5) is 4.79 Å². The molecule has 0 aromatic carbocycles. The molecule has 0 spiro atoms. The fraction of sp³-hybridized carbons (Fsp3) is 0.933. The number of aliphatic hydroxyl groups excluding tert-OH is 1. The summed E-state index contributed by atoms with van der Waals surface area (Å²) in [5, 5.41) is 12.7. The summed E-state index contributed by atoms with van der Waals surface area (Å²) >= 11 is 0. The van der Waals surface area contributed by atoms with E-state index in [1.54, 1.807) is 0 Å². The molecule has 1 fully saturated rings. The third kappa shape index (κ3) is 4.68. The first-order valence-corrected chi connectivity index (χ1v) is 7.36. The zero-order valence-electron chi connectivity index (χ0n) is 13.0. The fourth-order valence-electron chi connectivity index (χ4n) is 2.65. The van der Waals surface area contributed by atoms with Crippen molar-refractivity contribution in [2.75, 3.05) is 0 Å². The molecular formula is C15H29NO3. The minimum atomic E-state index is -0.460. The molecule has 0 unspecified atom stereocenters. The molecule has 0 aromatic heterocycles. The van der Waals surface area contributed by atoms with E-state index in [-0.39, 0.29) is 23.7 Å². The van der Waals surface area contributed by atoms with E-state index in [4.69, 9.17) is 4.74 Å². The van der Waals surface area contributed by atoms with Gasteiger partial charge in [-0.3, -0.25) is 0 Å². The van der Waals surface area contributed by atoms with Gasteiger partial charge in [-0.1, -0.05) is 6.92 Å². The van der Waals surface area contributed by atoms with Gasteiger partial charge in [-0.2, -0.15) is 0 Å². The van der Waals surface area contributed by atoms with Gasteiger partial charge in [-0.05, 0) is 65.2 Å². The molecule has 0 aromatic rings. The van der Waals surface area contributed by atoms with Gasteiger partial charge in [0.15, 0.2) is 0 Å². The smallest absolute Gasteiger partial charge is 0.407 e. The molecule has 1 rings (SSSR count). The van der Waals surface area contributed by atoms with Crippen LogP contribution in [0.3, 0.4) is 0 Å². The second-order valence-electron chi connectivity index (χ2n) is 6.86. The summed E-state index contributed by atoms with van der Waals surface area (Å²) in [6, 6.07) is 0.0751. The van der Waals surface area contributed by atoms with Crippen LogP contribution in [-0.4, -0.2) is 28.9 Å². The molecule has 1 amide bonds. The number of alkyl carbamates (subject to hydrolysis) is 1. The van der Waals surface area contributed by atoms with E-state index in [0.29, 0.717) is 0 Å². The maximum absolute atomic E-state index is 11.6. The Labute approximate surface area is 116 Å². The van der Waals surface area contributed by atoms with Gasteiger partial charge in [0.1, 0.15) is 5.60 Å². The van der Waals surface area contributed by atoms with Crippen LogP contribution < -0.4 is 5.32 Å². The van der Waals surface area contributed by atoms with Crippen molar-refractivity contribution in [1.82, 2.24) is 5.32 Å². The molecule has 112 valence electrons. The van der Waals surface area contributed by atoms with Crippen molar-refractivity contribution < 1.29 is 14.6 Å². The molecule has 0 aliphatic heterocycles. The Hall–Kier alpha value is -0.770. The molecule has 2 N–H and O–H groups in total. The Bertz CT molecular complexity index is 307. The van der Waals surface area contributed by atoms with E-state index < -0.39 is 5.60 Å². The highest BCUT2D eigenvalue weighted by molar-refractivity contribution is 5.67. The lowest BCUT2D eigenvalue weighted by molar-refractivity contribution is -0.0748. The maximum atomic E-state index is 11.6. The van der Waals surface area contributed by atoms with Crippen molar-refractivity contribution in [1.29, 1.82) is 0 Å². The highest BCUT2D eigenvalue weighted by Gasteiger charge is 2.43. The number of hydrogen-bond donors (Lipinski definition) is 2. The number of ether oxygens (including phenoxy) is 1. The topological polar surface area (TPSA) is 58.6 Å². The van der Waals surface area contributed by atoms with E-state index in [1.807, 2.05) is 27.7 Å². The molecule has 1 saturated carbocycles. The summed E-state index contributed by atoms with van der Waals surface area (Å²) in [7, 11) is 0. The van der Waals surface area contributed by atoms with Crippen LogP contribution in [-0.2, 0) is 4.74 Å². The summed E-state index contributed by atoms with van der Waals surface area (Å²) in [5.41, 5.74) is -0.373. The minimum absolute atomic E-state index is 0.0751. The number of aliphatic hydroxyl groups is 1. The zero-order chi connectivity index (χ0) is 14.7. The summed E-state index contributed by atoms with van der Waals surface area (Å²) in [6.07, 6.45) is 4.34. The van der Waals surface area contributed by atoms with Crippen LogP contribution in [0.5, 0.6) is 0 Å². The van der Waals surface area contributed by atoms with Crippen molar-refractivity contribution in [3.63, 3.8) is 0 Å². The lowest BCUT2D eigenvalue weighted by Gasteiger charge is -2.47. The maximum Gasteiger partial charge on any atom is 0.407 e. The van der Waals surface area contributed by atoms with Gasteiger partial charge < -0.3 is 15.2 Å². The molecule has 3 atom stereocenters. The van der Waals surface area contributed by atoms with Crippen LogP contribution in [0.25, 0.3) is 0 Å². The third-order valence-corrected chi connectivity index (χ3v) is 4.17. The van der Waals surface area contributed by atoms with E-state index in [9.17, 15) is 9.90 Å². The van der Waals surface area contributed by atoms with E-state index >= 15 is 0 Å². The Morgan fingerprint density at radius 2 is 2.16 bits per heavy atom. The second-order valence-corrected chi connectivity index (χ2v) is 6.86. The van der Waals surface area contributed by atoms with Crippen molar-refractivity contribution >= 4 is 6.09 Å². The van der Waals surface area contributed by atoms with Gasteiger partial charge in [0, 0.05) is 6.04 Å². The summed E-state index contributed by atoms with van der Waals surface area (Å²) in [4.78, 5) is 11.6. The summed E-state index contributed by atoms with van der Waals surface area (Å²) in [5.74, 6) is 0. The quantitative estimate of drug-likeness (QED) is 0.807. The molecule has 0 saturated heterocycles. The van der Waals surface area contributed by atoms with Gasteiger partial charge in [0.2, 0.25) is 0 Å². The molecule has 1 aliphatic rings. The van der Waals surface area contributed by atoms with Gasteiger partial charge in [-0.25, -0.2) is 4.79 Å². The van der Waals surface area contributed by atoms with Crippen LogP contribution in [0.1, 0.15) is 66.7 Å². The molecular weight excluding hydrogens is 242 g/mol. The number of rotatable bonds is 5. The molecule has 4 heteroatoms. The van der Waals surface area contributed by atoms with E-state index in [0.717, 1.165) is 32.1 Å². The summed E-state index contributed by atoms with van der Waals surface area (Å²) < 4.78 is 5.23. The van der Waals surface area contributed by atoms with Gasteiger partial charge in [-0.15, -0.1) is 0 Å². The number of hydrogen-bond acceptors (Lipinski definition) is 3. The van der Waals surface area contributed by atoms with E-state index in [1.165, 1.54) is 0 Å². The van der Waals surface area contributed by atoms with Crippen LogP contribution in [0.15, 0.2) is 0 Å². The summed E-state index contributed by atoms with van der Waals surface area (Å²) in [6.45, 7) is 9.68. The lowest BCUT2D eigenvalue weighted by Crippen LogP contribution is -2.45. The molecule has 0 heterocycles. The Kier molecular flexibility index (Phi) is 5.25. The third-order valence-electron chi connectivity index (χ3n) is 4.17. The normalized spacial score (nSPS) is 28.4. The Balaban J connectivity index is 2.32. The zero-order valence-corrected chi connectivity index (χ0v) is 13.0. The lowest BCUT2D eigenvalue weighted by atomic mass is 9.62. The predicted molar refractivity (Wildman–Crippen MR) is 76.0 cm³/mol. The molecule has 0 radical (unpaired) electrons. The highest BCUT2D eigenvalue weighted by atomic mass is 16.6. The van der Waals surface area contributed by atoms with Crippen LogP contribution >= 0.6 is 0 Å². The Morgan fingerprint density at radius 3 is 2.53 bits per heavy atom. The Morgan fingerprint density at radius 1 is 1.53 bits per heavy atom.